The molecule has 3 nitrogen and oxygen atoms in total. The van der Waals surface area contributed by atoms with E-state index in [0.29, 0.717) is 0 Å². The fourth-order valence-corrected chi connectivity index (χ4v) is 13.3. The Balaban J connectivity index is 1.30. The molecule has 3 aliphatic heterocycles. The van der Waals surface area contributed by atoms with E-state index in [-0.39, 0.29) is 44.6 Å². The van der Waals surface area contributed by atoms with Gasteiger partial charge in [0.25, 0.3) is 6.71 Å². The Morgan fingerprint density at radius 3 is 1.74 bits per heavy atom. The third kappa shape index (κ3) is 5.06. The van der Waals surface area contributed by atoms with Crippen LogP contribution < -0.4 is 26.4 Å². The van der Waals surface area contributed by atoms with Crippen LogP contribution in [0, 0.1) is 13.8 Å². The fourth-order valence-electron chi connectivity index (χ4n) is 13.3. The van der Waals surface area contributed by atoms with Gasteiger partial charge in [0.1, 0.15) is 5.76 Å². The van der Waals surface area contributed by atoms with Crippen molar-refractivity contribution in [1.29, 1.82) is 0 Å². The molecule has 0 N–H and O–H groups in total. The van der Waals surface area contributed by atoms with Crippen molar-refractivity contribution in [2.24, 2.45) is 0 Å². The molecule has 0 saturated heterocycles. The molecule has 6 aliphatic rings. The first-order valence-corrected chi connectivity index (χ1v) is 23.7. The quantitative estimate of drug-likeness (QED) is 0.154. The second-order valence-corrected chi connectivity index (χ2v) is 25.2. The zero-order chi connectivity index (χ0) is 43.5. The van der Waals surface area contributed by atoms with Crippen molar-refractivity contribution in [3.05, 3.63) is 110 Å². The van der Waals surface area contributed by atoms with Crippen LogP contribution in [0.2, 0.25) is 0 Å². The fraction of sp³-hybridized carbons (Fsp3) is 0.509. The molecule has 0 bridgehead atoms. The van der Waals surface area contributed by atoms with E-state index in [1.807, 2.05) is 0 Å². The molecule has 0 amide bonds. The molecule has 1 unspecified atom stereocenters. The predicted octanol–water partition coefficient (Wildman–Crippen LogP) is 13.7. The summed E-state index contributed by atoms with van der Waals surface area (Å²) in [5.74, 6) is 1.19. The molecule has 316 valence electrons. The zero-order valence-electron chi connectivity index (χ0n) is 40.3. The van der Waals surface area contributed by atoms with Crippen LogP contribution >= 0.6 is 0 Å². The summed E-state index contributed by atoms with van der Waals surface area (Å²) in [5, 5.41) is 0. The molecule has 0 spiro atoms. The Morgan fingerprint density at radius 2 is 1.10 bits per heavy atom. The summed E-state index contributed by atoms with van der Waals surface area (Å²) in [7, 11) is 0. The van der Waals surface area contributed by atoms with Gasteiger partial charge >= 0.3 is 0 Å². The lowest BCUT2D eigenvalue weighted by atomic mass is 9.34. The van der Waals surface area contributed by atoms with Gasteiger partial charge in [-0.15, -0.1) is 0 Å². The maximum Gasteiger partial charge on any atom is 0.297 e. The highest BCUT2D eigenvalue weighted by Gasteiger charge is 2.57. The van der Waals surface area contributed by atoms with E-state index in [2.05, 4.69) is 175 Å². The number of anilines is 6. The largest absolute Gasteiger partial charge is 0.472 e. The molecular weight excluding hydrogens is 739 g/mol. The standard InChI is InChI=1S/C57H69BN2O/c1-32-27-42-46-43(28-32)60-41-31-37-36(53(8,9)21-22-54(37,10)11)30-38(41)57(16)26-25-52(6,7)35-18-19-39(47(60)44(35)57)58(46)50-48(45-49(61-50)56(14,15)24-23-55(45,12)13)59(42)40-20-17-34(29-33(40)2)51(3,4)5/h17-20,27-31H,21-26H2,1-16H3. The van der Waals surface area contributed by atoms with Crippen LogP contribution in [0.25, 0.3) is 0 Å². The van der Waals surface area contributed by atoms with Gasteiger partial charge in [0.2, 0.25) is 0 Å². The molecule has 0 radical (unpaired) electrons. The summed E-state index contributed by atoms with van der Waals surface area (Å²) in [6, 6.07) is 22.8. The number of hydrogen-bond donors (Lipinski definition) is 0. The molecule has 1 aromatic heterocycles. The maximum atomic E-state index is 7.71. The summed E-state index contributed by atoms with van der Waals surface area (Å²) >= 11 is 0. The van der Waals surface area contributed by atoms with Crippen molar-refractivity contribution < 1.29 is 4.42 Å². The van der Waals surface area contributed by atoms with Crippen LogP contribution in [0.1, 0.15) is 191 Å². The maximum absolute atomic E-state index is 7.71. The monoisotopic (exact) mass is 809 g/mol. The van der Waals surface area contributed by atoms with E-state index in [1.54, 1.807) is 11.1 Å². The van der Waals surface area contributed by atoms with Gasteiger partial charge in [-0.1, -0.05) is 127 Å². The first-order valence-electron chi connectivity index (χ1n) is 23.7. The van der Waals surface area contributed by atoms with E-state index in [4.69, 9.17) is 4.42 Å². The van der Waals surface area contributed by atoms with Gasteiger partial charge in [-0.2, -0.15) is 0 Å². The smallest absolute Gasteiger partial charge is 0.297 e. The van der Waals surface area contributed by atoms with Crippen molar-refractivity contribution in [2.45, 2.75) is 187 Å². The van der Waals surface area contributed by atoms with Crippen LogP contribution in [-0.4, -0.2) is 6.71 Å². The van der Waals surface area contributed by atoms with E-state index in [1.165, 1.54) is 109 Å². The number of rotatable bonds is 1. The number of furan rings is 1. The summed E-state index contributed by atoms with van der Waals surface area (Å²) < 4.78 is 7.71. The molecule has 1 atom stereocenters. The van der Waals surface area contributed by atoms with Crippen molar-refractivity contribution in [3.8, 4) is 0 Å². The lowest BCUT2D eigenvalue weighted by Crippen LogP contribution is -2.62. The number of benzene rings is 4. The SMILES string of the molecule is Cc1cc2c3c(c1)N1c4cc5c(cc4C4(C)CCC(C)(C)c6ccc(c1c64)B3c1oc3c(c1N2c1ccc(C(C)(C)C)cc1C)C(C)(C)CCC3(C)C)C(C)(C)CCC5(C)C. The summed E-state index contributed by atoms with van der Waals surface area (Å²) in [6.45, 7) is 39.0. The van der Waals surface area contributed by atoms with Crippen LogP contribution in [-0.2, 0) is 37.9 Å². The molecule has 4 aromatic carbocycles. The Morgan fingerprint density at radius 1 is 0.525 bits per heavy atom. The lowest BCUT2D eigenvalue weighted by Gasteiger charge is -2.55. The number of nitrogens with zero attached hydrogens (tertiary/aromatic N) is 2. The van der Waals surface area contributed by atoms with Crippen molar-refractivity contribution in [1.82, 2.24) is 0 Å². The van der Waals surface area contributed by atoms with Gasteiger partial charge in [0.05, 0.1) is 17.0 Å². The predicted molar refractivity (Wildman–Crippen MR) is 260 cm³/mol. The van der Waals surface area contributed by atoms with Gasteiger partial charge in [-0.25, -0.2) is 0 Å². The summed E-state index contributed by atoms with van der Waals surface area (Å²) in [4.78, 5) is 5.45. The third-order valence-electron chi connectivity index (χ3n) is 17.5. The van der Waals surface area contributed by atoms with Crippen LogP contribution in [0.3, 0.4) is 0 Å². The first-order chi connectivity index (χ1) is 28.3. The molecule has 3 aliphatic carbocycles. The molecule has 4 heteroatoms. The normalized spacial score (nSPS) is 23.6. The molecule has 0 fully saturated rings. The second kappa shape index (κ2) is 11.7. The number of aryl methyl sites for hydroxylation is 2. The summed E-state index contributed by atoms with van der Waals surface area (Å²) in [5.41, 5.74) is 25.1. The van der Waals surface area contributed by atoms with E-state index >= 15 is 0 Å². The highest BCUT2D eigenvalue weighted by atomic mass is 16.3. The van der Waals surface area contributed by atoms with Crippen molar-refractivity contribution in [2.75, 3.05) is 9.80 Å². The van der Waals surface area contributed by atoms with Gasteiger partial charge < -0.3 is 14.2 Å². The van der Waals surface area contributed by atoms with Gasteiger partial charge in [-0.3, -0.25) is 0 Å². The molecule has 11 rings (SSSR count). The van der Waals surface area contributed by atoms with Gasteiger partial charge in [0.15, 0.2) is 0 Å². The van der Waals surface area contributed by atoms with Crippen LogP contribution in [0.15, 0.2) is 59.0 Å². The summed E-state index contributed by atoms with van der Waals surface area (Å²) in [6.07, 6.45) is 6.97. The highest BCUT2D eigenvalue weighted by molar-refractivity contribution is 6.99. The zero-order valence-corrected chi connectivity index (χ0v) is 40.3. The van der Waals surface area contributed by atoms with E-state index < -0.39 is 0 Å². The van der Waals surface area contributed by atoms with Crippen molar-refractivity contribution in [3.63, 3.8) is 0 Å². The van der Waals surface area contributed by atoms with E-state index in [9.17, 15) is 0 Å². The minimum atomic E-state index is -0.110. The van der Waals surface area contributed by atoms with Crippen LogP contribution in [0.4, 0.5) is 34.1 Å². The van der Waals surface area contributed by atoms with E-state index in [0.717, 1.165) is 24.9 Å². The molecule has 4 heterocycles. The minimum Gasteiger partial charge on any atom is -0.472 e. The Labute approximate surface area is 367 Å². The molecular formula is C57H69BN2O. The Bertz CT molecular complexity index is 2780. The highest BCUT2D eigenvalue weighted by Crippen LogP contribution is 2.63. The molecule has 61 heavy (non-hydrogen) atoms. The lowest BCUT2D eigenvalue weighted by molar-refractivity contribution is 0.282. The van der Waals surface area contributed by atoms with Gasteiger partial charge in [0, 0.05) is 39.1 Å². The average Bonchev–Trinajstić information content (AvgIpc) is 3.59. The topological polar surface area (TPSA) is 19.6 Å². The molecule has 5 aromatic rings. The van der Waals surface area contributed by atoms with Gasteiger partial charge in [-0.05, 0) is 159 Å². The van der Waals surface area contributed by atoms with Crippen LogP contribution in [0.5, 0.6) is 0 Å². The Hall–Kier alpha value is -4.18. The van der Waals surface area contributed by atoms with Crippen molar-refractivity contribution >= 4 is 57.4 Å². The molecule has 0 saturated carbocycles. The number of fused-ring (bicyclic) bond motifs is 10. The average molecular weight is 809 g/mol. The Kier molecular flexibility index (Phi) is 7.60. The second-order valence-electron chi connectivity index (χ2n) is 25.2. The minimum absolute atomic E-state index is 0.0244. The third-order valence-corrected chi connectivity index (χ3v) is 17.5. The number of hydrogen-bond acceptors (Lipinski definition) is 3. The first kappa shape index (κ1) is 39.7.